The molecule has 9 rings (SSSR count). The lowest BCUT2D eigenvalue weighted by Gasteiger charge is -2.28. The molecule has 0 N–H and O–H groups in total. The largest absolute Gasteiger partial charge is 0.458 e. The van der Waals surface area contributed by atoms with Gasteiger partial charge in [0.1, 0.15) is 17.3 Å². The smallest absolute Gasteiger partial charge is 0.269 e. The minimum Gasteiger partial charge on any atom is -0.458 e. The maximum atomic E-state index is 6.73. The topological polar surface area (TPSA) is 35.9 Å². The summed E-state index contributed by atoms with van der Waals surface area (Å²) in [5.74, 6) is 2.39. The predicted octanol–water partition coefficient (Wildman–Crippen LogP) is 13.6. The van der Waals surface area contributed by atoms with Gasteiger partial charge >= 0.3 is 0 Å². The van der Waals surface area contributed by atoms with Crippen LogP contribution in [0.3, 0.4) is 0 Å². The van der Waals surface area contributed by atoms with E-state index in [1.807, 2.05) is 12.3 Å². The molecule has 0 amide bonds. The summed E-state index contributed by atoms with van der Waals surface area (Å²) >= 11 is 0. The molecule has 0 radical (unpaired) electrons. The minimum absolute atomic E-state index is 0.00652. The van der Waals surface area contributed by atoms with E-state index in [2.05, 4.69) is 222 Å². The van der Waals surface area contributed by atoms with Gasteiger partial charge in [-0.3, -0.25) is 13.7 Å². The number of rotatable bonds is 6. The molecule has 0 spiro atoms. The molecule has 0 fully saturated rings. The molecule has 0 aliphatic heterocycles. The molecule has 294 valence electrons. The van der Waals surface area contributed by atoms with Gasteiger partial charge in [0.25, 0.3) is 6.33 Å². The lowest BCUT2D eigenvalue weighted by molar-refractivity contribution is -0.572. The first kappa shape index (κ1) is 38.1. The van der Waals surface area contributed by atoms with E-state index in [0.29, 0.717) is 0 Å². The van der Waals surface area contributed by atoms with Crippen LogP contribution in [0.15, 0.2) is 152 Å². The summed E-state index contributed by atoms with van der Waals surface area (Å²) in [4.78, 5) is 4.87. The zero-order valence-electron chi connectivity index (χ0n) is 35.6. The first-order valence-corrected chi connectivity index (χ1v) is 20.6. The molecule has 0 atom stereocenters. The molecule has 5 nitrogen and oxygen atoms in total. The molecule has 0 aliphatic carbocycles. The van der Waals surface area contributed by atoms with E-state index < -0.39 is 0 Å². The maximum absolute atomic E-state index is 6.73. The van der Waals surface area contributed by atoms with Gasteiger partial charge in [0.2, 0.25) is 0 Å². The van der Waals surface area contributed by atoms with Gasteiger partial charge in [0, 0.05) is 23.0 Å². The molecular weight excluding hydrogens is 721 g/mol. The number of ether oxygens (including phenoxy) is 1. The summed E-state index contributed by atoms with van der Waals surface area (Å²) < 4.78 is 13.4. The van der Waals surface area contributed by atoms with Gasteiger partial charge in [0.05, 0.1) is 33.4 Å². The van der Waals surface area contributed by atoms with Crippen molar-refractivity contribution in [3.8, 4) is 39.8 Å². The summed E-state index contributed by atoms with van der Waals surface area (Å²) in [7, 11) is 0. The van der Waals surface area contributed by atoms with Crippen LogP contribution >= 0.6 is 0 Å². The van der Waals surface area contributed by atoms with Gasteiger partial charge in [0.15, 0.2) is 0 Å². The molecule has 3 aromatic heterocycles. The van der Waals surface area contributed by atoms with Crippen molar-refractivity contribution in [3.05, 3.63) is 175 Å². The lowest BCUT2D eigenvalue weighted by Crippen LogP contribution is -2.35. The number of hydrogen-bond acceptors (Lipinski definition) is 2. The number of para-hydroxylation sites is 4. The van der Waals surface area contributed by atoms with Gasteiger partial charge < -0.3 is 4.74 Å². The van der Waals surface area contributed by atoms with Crippen molar-refractivity contribution in [2.45, 2.75) is 78.6 Å². The number of hydrogen-bond donors (Lipinski definition) is 0. The van der Waals surface area contributed by atoms with Crippen molar-refractivity contribution < 1.29 is 9.30 Å². The minimum atomic E-state index is -0.127. The number of nitrogens with zero attached hydrogens (tertiary/aromatic N) is 4. The molecule has 0 saturated heterocycles. The zero-order chi connectivity index (χ0) is 41.3. The first-order valence-electron chi connectivity index (χ1n) is 20.6. The Morgan fingerprint density at radius 2 is 1.17 bits per heavy atom. The van der Waals surface area contributed by atoms with Crippen molar-refractivity contribution in [1.82, 2.24) is 14.1 Å². The van der Waals surface area contributed by atoms with E-state index in [1.54, 1.807) is 0 Å². The van der Waals surface area contributed by atoms with Crippen LogP contribution in [-0.2, 0) is 16.2 Å². The normalized spacial score (nSPS) is 12.5. The standard InChI is InChI=1S/C54H52N4O/c1-52(2,3)36-30-31-55-50(32-36)58-46-25-13-11-21-41(46)42-29-28-39(34-49(42)58)59-38-19-16-18-37(33-38)56-35-57(48-27-15-14-26-47(48)56)51-43(22-17-24-45(51)54(7,8)9)40-20-10-12-23-44(40)53(4,5)6/h10-34H,1-9H3. The van der Waals surface area contributed by atoms with E-state index in [4.69, 9.17) is 9.72 Å². The van der Waals surface area contributed by atoms with E-state index in [1.165, 1.54) is 33.2 Å². The Morgan fingerprint density at radius 1 is 0.525 bits per heavy atom. The second-order valence-corrected chi connectivity index (χ2v) is 18.8. The van der Waals surface area contributed by atoms with E-state index in [-0.39, 0.29) is 16.2 Å². The van der Waals surface area contributed by atoms with Gasteiger partial charge in [-0.25, -0.2) is 4.98 Å². The Morgan fingerprint density at radius 3 is 1.95 bits per heavy atom. The molecule has 9 aromatic rings. The third kappa shape index (κ3) is 6.89. The van der Waals surface area contributed by atoms with Crippen LogP contribution in [0, 0.1) is 6.33 Å². The SMILES string of the molecule is CC(C)(C)c1ccnc(-n2c3ccccc3c3ccc(Oc4cccc(-n5[c-][n+](-c6c(-c7ccccc7C(C)(C)C)cccc6C(C)(C)C)c6ccccc65)c4)cc32)c1. The molecule has 0 aliphatic rings. The highest BCUT2D eigenvalue weighted by molar-refractivity contribution is 6.09. The number of imidazole rings is 1. The van der Waals surface area contributed by atoms with Crippen LogP contribution in [0.2, 0.25) is 0 Å². The summed E-state index contributed by atoms with van der Waals surface area (Å²) in [6.45, 7) is 20.5. The average molecular weight is 773 g/mol. The van der Waals surface area contributed by atoms with E-state index in [0.717, 1.165) is 56.1 Å². The monoisotopic (exact) mass is 772 g/mol. The van der Waals surface area contributed by atoms with Crippen LogP contribution in [0.1, 0.15) is 79.0 Å². The predicted molar refractivity (Wildman–Crippen MR) is 244 cm³/mol. The summed E-state index contributed by atoms with van der Waals surface area (Å²) in [5, 5.41) is 2.34. The van der Waals surface area contributed by atoms with Crippen molar-refractivity contribution in [3.63, 3.8) is 0 Å². The molecule has 59 heavy (non-hydrogen) atoms. The summed E-state index contributed by atoms with van der Waals surface area (Å²) in [6.07, 6.45) is 5.76. The quantitative estimate of drug-likeness (QED) is 0.125. The van der Waals surface area contributed by atoms with Crippen LogP contribution in [0.25, 0.3) is 61.2 Å². The highest BCUT2D eigenvalue weighted by atomic mass is 16.5. The van der Waals surface area contributed by atoms with E-state index in [9.17, 15) is 0 Å². The van der Waals surface area contributed by atoms with Crippen molar-refractivity contribution in [1.29, 1.82) is 0 Å². The zero-order valence-corrected chi connectivity index (χ0v) is 35.6. The van der Waals surface area contributed by atoms with Crippen LogP contribution in [-0.4, -0.2) is 14.1 Å². The summed E-state index contributed by atoms with van der Waals surface area (Å²) in [5.41, 5.74) is 12.5. The Balaban J connectivity index is 1.16. The second kappa shape index (κ2) is 14.1. The van der Waals surface area contributed by atoms with Crippen molar-refractivity contribution >= 4 is 32.8 Å². The van der Waals surface area contributed by atoms with Gasteiger partial charge in [-0.1, -0.05) is 153 Å². The first-order chi connectivity index (χ1) is 28.2. The molecule has 3 heterocycles. The third-order valence-corrected chi connectivity index (χ3v) is 11.5. The Labute approximate surface area is 348 Å². The fourth-order valence-electron chi connectivity index (χ4n) is 8.49. The number of fused-ring (bicyclic) bond motifs is 4. The van der Waals surface area contributed by atoms with Crippen molar-refractivity contribution in [2.24, 2.45) is 0 Å². The van der Waals surface area contributed by atoms with E-state index >= 15 is 0 Å². The van der Waals surface area contributed by atoms with Gasteiger partial charge in [-0.05, 0) is 92.6 Å². The van der Waals surface area contributed by atoms with Gasteiger partial charge in [-0.2, -0.15) is 0 Å². The average Bonchev–Trinajstić information content (AvgIpc) is 3.76. The van der Waals surface area contributed by atoms with Crippen molar-refractivity contribution in [2.75, 3.05) is 0 Å². The fourth-order valence-corrected chi connectivity index (χ4v) is 8.49. The Hall–Kier alpha value is -6.46. The lowest BCUT2D eigenvalue weighted by atomic mass is 9.79. The molecule has 6 aromatic carbocycles. The molecular formula is C54H52N4O. The van der Waals surface area contributed by atoms with Gasteiger partial charge in [-0.15, -0.1) is 0 Å². The maximum Gasteiger partial charge on any atom is 0.269 e. The highest BCUT2D eigenvalue weighted by Crippen LogP contribution is 2.40. The molecule has 0 saturated carbocycles. The molecule has 5 heteroatoms. The fraction of sp³-hybridized carbons (Fsp3) is 0.222. The third-order valence-electron chi connectivity index (χ3n) is 11.5. The van der Waals surface area contributed by atoms with Crippen LogP contribution < -0.4 is 9.30 Å². The Bertz CT molecular complexity index is 3030. The summed E-state index contributed by atoms with van der Waals surface area (Å²) in [6, 6.07) is 51.7. The molecule has 0 unspecified atom stereocenters. The highest BCUT2D eigenvalue weighted by Gasteiger charge is 2.27. The van der Waals surface area contributed by atoms with Crippen LogP contribution in [0.5, 0.6) is 11.5 Å². The Kier molecular flexibility index (Phi) is 9.12. The second-order valence-electron chi connectivity index (χ2n) is 18.8. The number of pyridine rings is 1. The molecule has 0 bridgehead atoms. The van der Waals surface area contributed by atoms with Crippen LogP contribution in [0.4, 0.5) is 0 Å². The number of benzene rings is 6. The number of aromatic nitrogens is 4.